The average Bonchev–Trinajstić information content (AvgIpc) is 2.70. The lowest BCUT2D eigenvalue weighted by Crippen LogP contribution is -2.08. The van der Waals surface area contributed by atoms with Crippen molar-refractivity contribution in [1.29, 1.82) is 0 Å². The second-order valence-corrected chi connectivity index (χ2v) is 3.14. The van der Waals surface area contributed by atoms with Gasteiger partial charge in [-0.1, -0.05) is 0 Å². The van der Waals surface area contributed by atoms with Gasteiger partial charge in [-0.3, -0.25) is 0 Å². The van der Waals surface area contributed by atoms with Crippen molar-refractivity contribution < 1.29 is 4.39 Å². The zero-order chi connectivity index (χ0) is 10.8. The van der Waals surface area contributed by atoms with Crippen molar-refractivity contribution in [3.63, 3.8) is 0 Å². The number of hydrogen-bond donors (Lipinski definition) is 1. The second-order valence-electron chi connectivity index (χ2n) is 3.14. The number of halogens is 1. The van der Waals surface area contributed by atoms with E-state index in [4.69, 9.17) is 5.73 Å². The van der Waals surface area contributed by atoms with Gasteiger partial charge < -0.3 is 5.73 Å². The molecule has 1 aromatic carbocycles. The van der Waals surface area contributed by atoms with Gasteiger partial charge >= 0.3 is 0 Å². The Morgan fingerprint density at radius 1 is 1.47 bits per heavy atom. The van der Waals surface area contributed by atoms with Gasteiger partial charge in [-0.25, -0.2) is 4.39 Å². The van der Waals surface area contributed by atoms with Gasteiger partial charge in [-0.15, -0.1) is 5.10 Å². The number of benzene rings is 1. The molecule has 2 rings (SSSR count). The molecule has 2 N–H and O–H groups in total. The van der Waals surface area contributed by atoms with Crippen LogP contribution in [0.5, 0.6) is 0 Å². The fraction of sp³-hybridized carbons (Fsp3) is 0.222. The molecule has 2 aromatic rings. The average molecular weight is 207 g/mol. The fourth-order valence-corrected chi connectivity index (χ4v) is 1.29. The molecule has 0 aliphatic carbocycles. The van der Waals surface area contributed by atoms with Crippen molar-refractivity contribution in [2.45, 2.75) is 13.5 Å². The highest BCUT2D eigenvalue weighted by molar-refractivity contribution is 5.35. The minimum Gasteiger partial charge on any atom is -0.324 e. The molecule has 0 bridgehead atoms. The maximum Gasteiger partial charge on any atom is 0.170 e. The Kier molecular flexibility index (Phi) is 2.42. The SMILES string of the molecule is Cc1cc(-n2nnnc2CN)ccc1F. The molecule has 1 aromatic heterocycles. The summed E-state index contributed by atoms with van der Waals surface area (Å²) in [7, 11) is 0. The van der Waals surface area contributed by atoms with E-state index in [0.29, 0.717) is 17.1 Å². The van der Waals surface area contributed by atoms with Crippen LogP contribution in [0.3, 0.4) is 0 Å². The van der Waals surface area contributed by atoms with E-state index in [1.807, 2.05) is 0 Å². The lowest BCUT2D eigenvalue weighted by molar-refractivity contribution is 0.617. The van der Waals surface area contributed by atoms with Gasteiger partial charge in [0.05, 0.1) is 12.2 Å². The summed E-state index contributed by atoms with van der Waals surface area (Å²) in [6.45, 7) is 1.93. The van der Waals surface area contributed by atoms with Crippen LogP contribution >= 0.6 is 0 Å². The predicted octanol–water partition coefficient (Wildman–Crippen LogP) is 0.569. The van der Waals surface area contributed by atoms with Crippen LogP contribution in [0, 0.1) is 12.7 Å². The summed E-state index contributed by atoms with van der Waals surface area (Å²) in [5.74, 6) is 0.294. The molecular formula is C9H10FN5. The summed E-state index contributed by atoms with van der Waals surface area (Å²) in [6, 6.07) is 4.66. The Bertz CT molecular complexity index is 479. The largest absolute Gasteiger partial charge is 0.324 e. The van der Waals surface area contributed by atoms with Crippen molar-refractivity contribution in [1.82, 2.24) is 20.2 Å². The molecule has 0 fully saturated rings. The maximum atomic E-state index is 13.0. The quantitative estimate of drug-likeness (QED) is 0.781. The van der Waals surface area contributed by atoms with Gasteiger partial charge in [0.25, 0.3) is 0 Å². The molecule has 0 aliphatic rings. The predicted molar refractivity (Wildman–Crippen MR) is 51.7 cm³/mol. The van der Waals surface area contributed by atoms with Gasteiger partial charge in [0.2, 0.25) is 0 Å². The van der Waals surface area contributed by atoms with Gasteiger partial charge in [0, 0.05) is 0 Å². The molecule has 0 saturated heterocycles. The van der Waals surface area contributed by atoms with Crippen LogP contribution in [0.4, 0.5) is 4.39 Å². The first kappa shape index (κ1) is 9.72. The number of nitrogens with two attached hydrogens (primary N) is 1. The number of nitrogens with zero attached hydrogens (tertiary/aromatic N) is 4. The summed E-state index contributed by atoms with van der Waals surface area (Å²) in [4.78, 5) is 0. The molecule has 0 atom stereocenters. The molecule has 0 spiro atoms. The van der Waals surface area contributed by atoms with E-state index in [9.17, 15) is 4.39 Å². The van der Waals surface area contributed by atoms with Gasteiger partial charge in [0.1, 0.15) is 5.82 Å². The highest BCUT2D eigenvalue weighted by Gasteiger charge is 2.07. The monoisotopic (exact) mass is 207 g/mol. The molecule has 15 heavy (non-hydrogen) atoms. The topological polar surface area (TPSA) is 69.6 Å². The van der Waals surface area contributed by atoms with Crippen LogP contribution in [-0.2, 0) is 6.54 Å². The van der Waals surface area contributed by atoms with Crippen LogP contribution in [-0.4, -0.2) is 20.2 Å². The molecule has 78 valence electrons. The fourth-order valence-electron chi connectivity index (χ4n) is 1.29. The smallest absolute Gasteiger partial charge is 0.170 e. The van der Waals surface area contributed by atoms with Crippen LogP contribution in [0.25, 0.3) is 5.69 Å². The Hall–Kier alpha value is -1.82. The van der Waals surface area contributed by atoms with Crippen LogP contribution < -0.4 is 5.73 Å². The zero-order valence-electron chi connectivity index (χ0n) is 8.18. The highest BCUT2D eigenvalue weighted by atomic mass is 19.1. The molecule has 5 nitrogen and oxygen atoms in total. The van der Waals surface area contributed by atoms with Crippen molar-refractivity contribution in [3.8, 4) is 5.69 Å². The van der Waals surface area contributed by atoms with Crippen LogP contribution in [0.1, 0.15) is 11.4 Å². The molecule has 0 aliphatic heterocycles. The molecule has 1 heterocycles. The lowest BCUT2D eigenvalue weighted by atomic mass is 10.2. The Morgan fingerprint density at radius 2 is 2.27 bits per heavy atom. The van der Waals surface area contributed by atoms with E-state index in [2.05, 4.69) is 15.5 Å². The van der Waals surface area contributed by atoms with Gasteiger partial charge in [-0.2, -0.15) is 4.68 Å². The summed E-state index contributed by atoms with van der Waals surface area (Å²) < 4.78 is 14.5. The number of rotatable bonds is 2. The Morgan fingerprint density at radius 3 is 2.93 bits per heavy atom. The number of aryl methyl sites for hydroxylation is 1. The third-order valence-electron chi connectivity index (χ3n) is 2.10. The normalized spacial score (nSPS) is 10.6. The number of aromatic nitrogens is 4. The van der Waals surface area contributed by atoms with Crippen LogP contribution in [0.15, 0.2) is 18.2 Å². The minimum absolute atomic E-state index is 0.240. The van der Waals surface area contributed by atoms with Crippen molar-refractivity contribution in [3.05, 3.63) is 35.4 Å². The lowest BCUT2D eigenvalue weighted by Gasteiger charge is -2.04. The molecule has 0 saturated carbocycles. The highest BCUT2D eigenvalue weighted by Crippen LogP contribution is 2.13. The van der Waals surface area contributed by atoms with E-state index in [0.717, 1.165) is 0 Å². The van der Waals surface area contributed by atoms with E-state index in [1.165, 1.54) is 10.7 Å². The Labute approximate surface area is 85.7 Å². The van der Waals surface area contributed by atoms with Crippen molar-refractivity contribution in [2.75, 3.05) is 0 Å². The van der Waals surface area contributed by atoms with Crippen molar-refractivity contribution >= 4 is 0 Å². The second kappa shape index (κ2) is 3.74. The molecule has 0 unspecified atom stereocenters. The molecule has 6 heteroatoms. The van der Waals surface area contributed by atoms with Crippen LogP contribution in [0.2, 0.25) is 0 Å². The summed E-state index contributed by atoms with van der Waals surface area (Å²) >= 11 is 0. The maximum absolute atomic E-state index is 13.0. The number of hydrogen-bond acceptors (Lipinski definition) is 4. The first-order valence-electron chi connectivity index (χ1n) is 4.46. The van der Waals surface area contributed by atoms with E-state index in [-0.39, 0.29) is 12.4 Å². The van der Waals surface area contributed by atoms with Crippen molar-refractivity contribution in [2.24, 2.45) is 5.73 Å². The van der Waals surface area contributed by atoms with Gasteiger partial charge in [0.15, 0.2) is 5.82 Å². The molecule has 0 radical (unpaired) electrons. The summed E-state index contributed by atoms with van der Waals surface area (Å²) in [5, 5.41) is 11.0. The molecular weight excluding hydrogens is 197 g/mol. The first-order chi connectivity index (χ1) is 7.22. The minimum atomic E-state index is -0.249. The van der Waals surface area contributed by atoms with E-state index < -0.39 is 0 Å². The third kappa shape index (κ3) is 1.71. The summed E-state index contributed by atoms with van der Waals surface area (Å²) in [5.41, 5.74) is 6.72. The van der Waals surface area contributed by atoms with E-state index >= 15 is 0 Å². The van der Waals surface area contributed by atoms with Gasteiger partial charge in [-0.05, 0) is 41.1 Å². The zero-order valence-corrected chi connectivity index (χ0v) is 8.18. The summed E-state index contributed by atoms with van der Waals surface area (Å²) in [6.07, 6.45) is 0. The third-order valence-corrected chi connectivity index (χ3v) is 2.10. The standard InChI is InChI=1S/C9H10FN5/c1-6-4-7(2-3-8(6)10)15-9(5-11)12-13-14-15/h2-4H,5,11H2,1H3. The van der Waals surface area contributed by atoms with E-state index in [1.54, 1.807) is 19.1 Å². The Balaban J connectivity index is 2.50. The number of tetrazole rings is 1. The molecule has 0 amide bonds. The first-order valence-corrected chi connectivity index (χ1v) is 4.46.